The highest BCUT2D eigenvalue weighted by atomic mass is 35.5. The summed E-state index contributed by atoms with van der Waals surface area (Å²) >= 11 is 37.7. The average Bonchev–Trinajstić information content (AvgIpc) is 2.94. The number of halogens is 6. The van der Waals surface area contributed by atoms with Crippen LogP contribution >= 0.6 is 81.4 Å². The zero-order chi connectivity index (χ0) is 29.8. The van der Waals surface area contributed by atoms with Crippen molar-refractivity contribution in [2.45, 2.75) is 10.1 Å². The van der Waals surface area contributed by atoms with E-state index in [2.05, 4.69) is 10.6 Å². The van der Waals surface area contributed by atoms with Crippen molar-refractivity contribution in [3.63, 3.8) is 0 Å². The number of hydrogen-bond donors (Lipinski definition) is 3. The Labute approximate surface area is 268 Å². The smallest absolute Gasteiger partial charge is 0.338 e. The van der Waals surface area contributed by atoms with Gasteiger partial charge in [0.2, 0.25) is 5.91 Å². The summed E-state index contributed by atoms with van der Waals surface area (Å²) in [5.74, 6) is -2.70. The molecule has 6 nitrogen and oxygen atoms in total. The first-order chi connectivity index (χ1) is 19.5. The molecule has 4 aromatic carbocycles. The Morgan fingerprint density at radius 3 is 1.93 bits per heavy atom. The van der Waals surface area contributed by atoms with Gasteiger partial charge in [-0.2, -0.15) is 0 Å². The first-order valence-electron chi connectivity index (χ1n) is 11.5. The van der Waals surface area contributed by atoms with E-state index in [0.717, 1.165) is 5.56 Å². The van der Waals surface area contributed by atoms with Crippen LogP contribution in [-0.2, 0) is 4.79 Å². The van der Waals surface area contributed by atoms with Crippen molar-refractivity contribution in [3.05, 3.63) is 120 Å². The largest absolute Gasteiger partial charge is 0.478 e. The fraction of sp³-hybridized carbons (Fsp3) is 0.0357. The van der Waals surface area contributed by atoms with Crippen molar-refractivity contribution in [3.8, 4) is 0 Å². The molecule has 41 heavy (non-hydrogen) atoms. The lowest BCUT2D eigenvalue weighted by Crippen LogP contribution is -2.19. The van der Waals surface area contributed by atoms with Gasteiger partial charge in [-0.3, -0.25) is 9.59 Å². The third-order valence-electron chi connectivity index (χ3n) is 5.58. The number of rotatable bonds is 8. The summed E-state index contributed by atoms with van der Waals surface area (Å²) in [5.41, 5.74) is 0.467. The predicted molar refractivity (Wildman–Crippen MR) is 168 cm³/mol. The molecule has 1 atom stereocenters. The van der Waals surface area contributed by atoms with E-state index in [1.54, 1.807) is 42.5 Å². The fourth-order valence-corrected chi connectivity index (χ4v) is 6.11. The Morgan fingerprint density at radius 2 is 1.29 bits per heavy atom. The number of carboxylic acid groups (broad SMARTS) is 1. The molecule has 0 saturated heterocycles. The van der Waals surface area contributed by atoms with Crippen LogP contribution in [0.3, 0.4) is 0 Å². The Morgan fingerprint density at radius 1 is 0.659 bits per heavy atom. The molecule has 0 radical (unpaired) electrons. The second kappa shape index (κ2) is 13.6. The normalized spacial score (nSPS) is 11.6. The quantitative estimate of drug-likeness (QED) is 0.0973. The van der Waals surface area contributed by atoms with Crippen molar-refractivity contribution in [1.82, 2.24) is 0 Å². The molecule has 13 heteroatoms. The van der Waals surface area contributed by atoms with Crippen molar-refractivity contribution in [1.29, 1.82) is 0 Å². The first kappa shape index (κ1) is 31.3. The highest BCUT2D eigenvalue weighted by molar-refractivity contribution is 8.00. The van der Waals surface area contributed by atoms with Gasteiger partial charge in [0.15, 0.2) is 0 Å². The van der Waals surface area contributed by atoms with Crippen molar-refractivity contribution in [2.24, 2.45) is 0 Å². The van der Waals surface area contributed by atoms with E-state index in [1.165, 1.54) is 11.8 Å². The summed E-state index contributed by atoms with van der Waals surface area (Å²) in [5, 5.41) is 13.8. The molecule has 0 saturated carbocycles. The number of benzene rings is 4. The topological polar surface area (TPSA) is 95.5 Å². The van der Waals surface area contributed by atoms with E-state index in [-0.39, 0.29) is 21.0 Å². The second-order valence-corrected chi connectivity index (χ2v) is 11.8. The molecule has 4 aromatic rings. The Kier molecular flexibility index (Phi) is 10.4. The number of carbonyl (C=O) groups is 3. The molecule has 0 heterocycles. The Hall–Kier alpha value is -2.62. The summed E-state index contributed by atoms with van der Waals surface area (Å²) in [6, 6.07) is 20.5. The van der Waals surface area contributed by atoms with Crippen LogP contribution in [0.5, 0.6) is 0 Å². The van der Waals surface area contributed by atoms with Crippen LogP contribution in [0, 0.1) is 0 Å². The maximum Gasteiger partial charge on any atom is 0.338 e. The maximum atomic E-state index is 13.4. The molecule has 0 bridgehead atoms. The van der Waals surface area contributed by atoms with Crippen LogP contribution in [0.1, 0.15) is 31.5 Å². The zero-order valence-electron chi connectivity index (χ0n) is 20.4. The average molecular weight is 689 g/mol. The van der Waals surface area contributed by atoms with E-state index >= 15 is 0 Å². The summed E-state index contributed by atoms with van der Waals surface area (Å²) in [7, 11) is 0. The number of hydrogen-bond acceptors (Lipinski definition) is 4. The lowest BCUT2D eigenvalue weighted by molar-refractivity contribution is -0.115. The number of carboxylic acids is 1. The van der Waals surface area contributed by atoms with Crippen LogP contribution in [-0.4, -0.2) is 22.9 Å². The molecule has 4 rings (SSSR count). The van der Waals surface area contributed by atoms with Gasteiger partial charge in [0, 0.05) is 16.3 Å². The highest BCUT2D eigenvalue weighted by Gasteiger charge is 2.29. The minimum atomic E-state index is -1.51. The number of amides is 2. The molecular formula is C28H16Cl6N2O4S. The van der Waals surface area contributed by atoms with Crippen molar-refractivity contribution < 1.29 is 19.5 Å². The van der Waals surface area contributed by atoms with Crippen LogP contribution in [0.25, 0.3) is 0 Å². The van der Waals surface area contributed by atoms with E-state index in [0.29, 0.717) is 26.3 Å². The molecule has 2 amide bonds. The number of thioether (sulfide) groups is 1. The number of carbonyl (C=O) groups excluding carboxylic acids is 2. The predicted octanol–water partition coefficient (Wildman–Crippen LogP) is 10.0. The SMILES string of the molecule is O=C(O)c1c(Cl)c(Cl)c(Cl)c(Cl)c1C(=O)Nc1cccc(SC(C(=O)Nc2ccc(Cl)c(Cl)c2)c2ccccc2)c1. The third-order valence-corrected chi connectivity index (χ3v) is 9.37. The summed E-state index contributed by atoms with van der Waals surface area (Å²) in [6.45, 7) is 0. The van der Waals surface area contributed by atoms with Crippen LogP contribution in [0.15, 0.2) is 77.7 Å². The standard InChI is InChI=1S/C28H16Cl6N2O4S/c29-17-10-9-15(12-18(17)30)36-27(38)25(13-5-2-1-3-6-13)41-16-8-4-7-14(11-16)35-26(37)19-20(28(39)40)22(32)24(34)23(33)21(19)31/h1-12,25H,(H,35,37)(H,36,38)(H,39,40). The van der Waals surface area contributed by atoms with E-state index in [9.17, 15) is 19.5 Å². The summed E-state index contributed by atoms with van der Waals surface area (Å²) in [4.78, 5) is 39.1. The molecule has 0 aromatic heterocycles. The zero-order valence-corrected chi connectivity index (χ0v) is 25.7. The van der Waals surface area contributed by atoms with Gasteiger partial charge >= 0.3 is 5.97 Å². The van der Waals surface area contributed by atoms with E-state index < -0.39 is 33.3 Å². The molecular weight excluding hydrogens is 673 g/mol. The van der Waals surface area contributed by atoms with Gasteiger partial charge in [-0.1, -0.05) is 106 Å². The van der Waals surface area contributed by atoms with Gasteiger partial charge in [-0.05, 0) is 42.0 Å². The molecule has 1 unspecified atom stereocenters. The van der Waals surface area contributed by atoms with Gasteiger partial charge in [-0.15, -0.1) is 11.8 Å². The van der Waals surface area contributed by atoms with E-state index in [1.807, 2.05) is 30.3 Å². The molecule has 0 aliphatic carbocycles. The van der Waals surface area contributed by atoms with Crippen LogP contribution < -0.4 is 10.6 Å². The Bertz CT molecular complexity index is 1670. The highest BCUT2D eigenvalue weighted by Crippen LogP contribution is 2.42. The minimum Gasteiger partial charge on any atom is -0.478 e. The van der Waals surface area contributed by atoms with Crippen LogP contribution in [0.4, 0.5) is 11.4 Å². The Balaban J connectivity index is 1.62. The number of anilines is 2. The molecule has 0 fully saturated rings. The first-order valence-corrected chi connectivity index (χ1v) is 14.6. The molecule has 0 spiro atoms. The lowest BCUT2D eigenvalue weighted by atomic mass is 10.1. The van der Waals surface area contributed by atoms with Crippen molar-refractivity contribution >= 4 is 111 Å². The minimum absolute atomic E-state index is 0.253. The second-order valence-electron chi connectivity index (χ2n) is 8.32. The fourth-order valence-electron chi connectivity index (χ4n) is 3.71. The van der Waals surface area contributed by atoms with E-state index in [4.69, 9.17) is 69.6 Å². The van der Waals surface area contributed by atoms with Gasteiger partial charge in [0.25, 0.3) is 5.91 Å². The lowest BCUT2D eigenvalue weighted by Gasteiger charge is -2.18. The molecule has 210 valence electrons. The number of nitrogens with one attached hydrogen (secondary N) is 2. The summed E-state index contributed by atoms with van der Waals surface area (Å²) < 4.78 is 0. The number of aromatic carboxylic acids is 1. The van der Waals surface area contributed by atoms with Crippen LogP contribution in [0.2, 0.25) is 30.1 Å². The molecule has 3 N–H and O–H groups in total. The van der Waals surface area contributed by atoms with Gasteiger partial charge < -0.3 is 15.7 Å². The maximum absolute atomic E-state index is 13.4. The third kappa shape index (κ3) is 7.24. The van der Waals surface area contributed by atoms with Gasteiger partial charge in [0.1, 0.15) is 5.25 Å². The summed E-state index contributed by atoms with van der Waals surface area (Å²) in [6.07, 6.45) is 0. The monoisotopic (exact) mass is 686 g/mol. The molecule has 0 aliphatic heterocycles. The van der Waals surface area contributed by atoms with Gasteiger partial charge in [0.05, 0.1) is 41.3 Å². The van der Waals surface area contributed by atoms with Gasteiger partial charge in [-0.25, -0.2) is 4.79 Å². The molecule has 0 aliphatic rings. The van der Waals surface area contributed by atoms with Crippen molar-refractivity contribution in [2.75, 3.05) is 10.6 Å².